The molecule has 0 aromatic carbocycles. The lowest BCUT2D eigenvalue weighted by atomic mass is 9.81. The zero-order valence-corrected chi connectivity index (χ0v) is 9.23. The molecule has 1 aliphatic carbocycles. The molecule has 1 heterocycles. The number of esters is 2. The topological polar surface area (TPSA) is 65.0 Å². The molecule has 0 saturated heterocycles. The molecular weight excluding hydrogens is 210 g/mol. The van der Waals surface area contributed by atoms with Gasteiger partial charge in [0.1, 0.15) is 5.41 Å². The number of aliphatic imine (C=N–C) groups is 1. The van der Waals surface area contributed by atoms with Crippen molar-refractivity contribution in [3.05, 3.63) is 12.2 Å². The van der Waals surface area contributed by atoms with Gasteiger partial charge < -0.3 is 9.47 Å². The van der Waals surface area contributed by atoms with Gasteiger partial charge in [0, 0.05) is 6.21 Å². The van der Waals surface area contributed by atoms with Crippen molar-refractivity contribution in [2.75, 3.05) is 14.2 Å². The molecule has 1 unspecified atom stereocenters. The highest BCUT2D eigenvalue weighted by Gasteiger charge is 2.69. The monoisotopic (exact) mass is 223 g/mol. The SMILES string of the molecule is COC(=O)C1(C2(C(=O)OC)C=CC=N2)CC1. The van der Waals surface area contributed by atoms with Crippen LogP contribution in [-0.4, -0.2) is 37.9 Å². The quantitative estimate of drug-likeness (QED) is 0.653. The summed E-state index contributed by atoms with van der Waals surface area (Å²) in [6, 6.07) is 0. The Morgan fingerprint density at radius 2 is 1.81 bits per heavy atom. The van der Waals surface area contributed by atoms with Crippen LogP contribution in [0.1, 0.15) is 12.8 Å². The van der Waals surface area contributed by atoms with Gasteiger partial charge in [0.05, 0.1) is 14.2 Å². The first-order chi connectivity index (χ1) is 7.63. The van der Waals surface area contributed by atoms with Crippen molar-refractivity contribution in [2.24, 2.45) is 10.4 Å². The third-order valence-electron chi connectivity index (χ3n) is 3.25. The van der Waals surface area contributed by atoms with E-state index in [2.05, 4.69) is 4.99 Å². The summed E-state index contributed by atoms with van der Waals surface area (Å²) in [4.78, 5) is 27.7. The number of rotatable bonds is 3. The maximum absolute atomic E-state index is 11.8. The number of hydrogen-bond donors (Lipinski definition) is 0. The summed E-state index contributed by atoms with van der Waals surface area (Å²) in [5.74, 6) is -0.915. The Balaban J connectivity index is 2.42. The third kappa shape index (κ3) is 1.14. The Kier molecular flexibility index (Phi) is 2.33. The number of carbonyl (C=O) groups excluding carboxylic acids is 2. The molecule has 0 bridgehead atoms. The van der Waals surface area contributed by atoms with Crippen LogP contribution in [0.5, 0.6) is 0 Å². The molecule has 0 radical (unpaired) electrons. The van der Waals surface area contributed by atoms with Crippen molar-refractivity contribution in [3.8, 4) is 0 Å². The van der Waals surface area contributed by atoms with E-state index in [-0.39, 0.29) is 0 Å². The zero-order chi connectivity index (χ0) is 11.8. The first kappa shape index (κ1) is 10.9. The van der Waals surface area contributed by atoms with Crippen LogP contribution in [0.4, 0.5) is 0 Å². The number of nitrogens with zero attached hydrogens (tertiary/aromatic N) is 1. The summed E-state index contributed by atoms with van der Waals surface area (Å²) in [7, 11) is 2.61. The molecule has 1 fully saturated rings. The van der Waals surface area contributed by atoms with Crippen molar-refractivity contribution in [1.82, 2.24) is 0 Å². The standard InChI is InChI=1S/C11H13NO4/c1-15-8(13)10(5-6-10)11(9(14)16-2)4-3-7-12-11/h3-4,7H,5-6H2,1-2H3. The fourth-order valence-corrected chi connectivity index (χ4v) is 2.20. The molecule has 1 atom stereocenters. The molecule has 0 aromatic rings. The lowest BCUT2D eigenvalue weighted by molar-refractivity contribution is -0.158. The van der Waals surface area contributed by atoms with E-state index in [1.54, 1.807) is 12.2 Å². The molecule has 5 heteroatoms. The summed E-state index contributed by atoms with van der Waals surface area (Å²) in [6.07, 6.45) is 5.97. The Morgan fingerprint density at radius 3 is 2.19 bits per heavy atom. The van der Waals surface area contributed by atoms with Gasteiger partial charge in [0.2, 0.25) is 0 Å². The molecule has 1 aliphatic heterocycles. The predicted molar refractivity (Wildman–Crippen MR) is 56.1 cm³/mol. The minimum atomic E-state index is -1.21. The van der Waals surface area contributed by atoms with Crippen LogP contribution < -0.4 is 0 Å². The summed E-state index contributed by atoms with van der Waals surface area (Å²) >= 11 is 0. The fourth-order valence-electron chi connectivity index (χ4n) is 2.20. The van der Waals surface area contributed by atoms with Crippen molar-refractivity contribution in [2.45, 2.75) is 18.4 Å². The van der Waals surface area contributed by atoms with E-state index >= 15 is 0 Å². The summed E-state index contributed by atoms with van der Waals surface area (Å²) in [5.41, 5.74) is -2.08. The Morgan fingerprint density at radius 1 is 1.19 bits per heavy atom. The first-order valence-corrected chi connectivity index (χ1v) is 5.03. The number of allylic oxidation sites excluding steroid dienone is 1. The highest BCUT2D eigenvalue weighted by atomic mass is 16.5. The minimum Gasteiger partial charge on any atom is -0.468 e. The van der Waals surface area contributed by atoms with E-state index in [1.165, 1.54) is 20.4 Å². The van der Waals surface area contributed by atoms with Crippen LogP contribution in [0.15, 0.2) is 17.1 Å². The molecule has 16 heavy (non-hydrogen) atoms. The van der Waals surface area contributed by atoms with Crippen molar-refractivity contribution in [1.29, 1.82) is 0 Å². The second-order valence-corrected chi connectivity index (χ2v) is 3.97. The highest BCUT2D eigenvalue weighted by molar-refractivity contribution is 5.99. The second-order valence-electron chi connectivity index (χ2n) is 3.97. The lowest BCUT2D eigenvalue weighted by Crippen LogP contribution is -2.48. The smallest absolute Gasteiger partial charge is 0.338 e. The Labute approximate surface area is 93.1 Å². The Bertz CT molecular complexity index is 381. The predicted octanol–water partition coefficient (Wildman–Crippen LogP) is 0.492. The van der Waals surface area contributed by atoms with Crippen LogP contribution in [0.3, 0.4) is 0 Å². The first-order valence-electron chi connectivity index (χ1n) is 5.03. The third-order valence-corrected chi connectivity index (χ3v) is 3.25. The van der Waals surface area contributed by atoms with E-state index in [4.69, 9.17) is 9.47 Å². The molecule has 2 rings (SSSR count). The molecule has 0 spiro atoms. The van der Waals surface area contributed by atoms with Crippen molar-refractivity contribution in [3.63, 3.8) is 0 Å². The molecule has 86 valence electrons. The van der Waals surface area contributed by atoms with Crippen LogP contribution in [0, 0.1) is 5.41 Å². The van der Waals surface area contributed by atoms with Gasteiger partial charge in [-0.1, -0.05) is 0 Å². The maximum Gasteiger partial charge on any atom is 0.338 e. The van der Waals surface area contributed by atoms with Gasteiger partial charge in [-0.3, -0.25) is 9.79 Å². The van der Waals surface area contributed by atoms with Gasteiger partial charge in [-0.15, -0.1) is 0 Å². The molecule has 1 saturated carbocycles. The number of hydrogen-bond acceptors (Lipinski definition) is 5. The van der Waals surface area contributed by atoms with E-state index in [9.17, 15) is 9.59 Å². The highest BCUT2D eigenvalue weighted by Crippen LogP contribution is 2.58. The molecule has 0 aromatic heterocycles. The summed E-state index contributed by atoms with van der Waals surface area (Å²) < 4.78 is 9.50. The molecule has 5 nitrogen and oxygen atoms in total. The number of carbonyl (C=O) groups is 2. The van der Waals surface area contributed by atoms with E-state index in [0.29, 0.717) is 12.8 Å². The number of methoxy groups -OCH3 is 2. The van der Waals surface area contributed by atoms with Crippen LogP contribution in [0.25, 0.3) is 0 Å². The average Bonchev–Trinajstić information content (AvgIpc) is 2.99. The largest absolute Gasteiger partial charge is 0.468 e. The van der Waals surface area contributed by atoms with Crippen molar-refractivity contribution >= 4 is 18.2 Å². The van der Waals surface area contributed by atoms with Crippen LogP contribution in [-0.2, 0) is 19.1 Å². The van der Waals surface area contributed by atoms with Crippen LogP contribution >= 0.6 is 0 Å². The second kappa shape index (κ2) is 3.43. The minimum absolute atomic E-state index is 0.401. The van der Waals surface area contributed by atoms with Gasteiger partial charge in [0.25, 0.3) is 0 Å². The van der Waals surface area contributed by atoms with Gasteiger partial charge in [-0.2, -0.15) is 0 Å². The molecule has 2 aliphatic rings. The summed E-state index contributed by atoms with van der Waals surface area (Å²) in [6.45, 7) is 0. The average molecular weight is 223 g/mol. The molecular formula is C11H13NO4. The molecule has 0 N–H and O–H groups in total. The van der Waals surface area contributed by atoms with E-state index in [1.807, 2.05) is 0 Å². The summed E-state index contributed by atoms with van der Waals surface area (Å²) in [5, 5.41) is 0. The molecule has 0 amide bonds. The van der Waals surface area contributed by atoms with E-state index < -0.39 is 22.9 Å². The zero-order valence-electron chi connectivity index (χ0n) is 9.23. The van der Waals surface area contributed by atoms with Gasteiger partial charge >= 0.3 is 11.9 Å². The van der Waals surface area contributed by atoms with Crippen molar-refractivity contribution < 1.29 is 19.1 Å². The van der Waals surface area contributed by atoms with Gasteiger partial charge in [-0.25, -0.2) is 4.79 Å². The van der Waals surface area contributed by atoms with Gasteiger partial charge in [0.15, 0.2) is 5.54 Å². The van der Waals surface area contributed by atoms with E-state index in [0.717, 1.165) is 0 Å². The lowest BCUT2D eigenvalue weighted by Gasteiger charge is -2.28. The van der Waals surface area contributed by atoms with Crippen LogP contribution in [0.2, 0.25) is 0 Å². The van der Waals surface area contributed by atoms with Gasteiger partial charge in [-0.05, 0) is 25.0 Å². The Hall–Kier alpha value is -1.65. The number of ether oxygens (including phenoxy) is 2. The fraction of sp³-hybridized carbons (Fsp3) is 0.545. The normalized spacial score (nSPS) is 28.9. The maximum atomic E-state index is 11.8.